The highest BCUT2D eigenvalue weighted by Gasteiger charge is 2.42. The first-order chi connectivity index (χ1) is 15.0. The molecule has 1 aromatic carbocycles. The molecule has 2 aromatic heterocycles. The van der Waals surface area contributed by atoms with Crippen molar-refractivity contribution < 1.29 is 15.3 Å². The summed E-state index contributed by atoms with van der Waals surface area (Å²) in [6, 6.07) is 7.64. The molecule has 31 heavy (non-hydrogen) atoms. The van der Waals surface area contributed by atoms with Crippen LogP contribution in [-0.4, -0.2) is 72.8 Å². The summed E-state index contributed by atoms with van der Waals surface area (Å²) in [5.74, 6) is 0.279. The van der Waals surface area contributed by atoms with Crippen LogP contribution in [0.5, 0.6) is 0 Å². The van der Waals surface area contributed by atoms with Crippen molar-refractivity contribution in [1.82, 2.24) is 19.5 Å². The number of anilines is 2. The van der Waals surface area contributed by atoms with Gasteiger partial charge in [0.25, 0.3) is 0 Å². The van der Waals surface area contributed by atoms with Crippen molar-refractivity contribution >= 4 is 34.3 Å². The van der Waals surface area contributed by atoms with Gasteiger partial charge in [0.2, 0.25) is 0 Å². The minimum Gasteiger partial charge on any atom is -0.396 e. The second-order valence-electron chi connectivity index (χ2n) is 8.33. The van der Waals surface area contributed by atoms with E-state index in [0.717, 1.165) is 30.2 Å². The monoisotopic (exact) mass is 444 g/mol. The molecule has 0 bridgehead atoms. The first kappa shape index (κ1) is 20.4. The van der Waals surface area contributed by atoms with Crippen LogP contribution in [-0.2, 0) is 0 Å². The van der Waals surface area contributed by atoms with Gasteiger partial charge in [-0.1, -0.05) is 17.7 Å². The van der Waals surface area contributed by atoms with E-state index in [2.05, 4.69) is 31.2 Å². The Labute approximate surface area is 184 Å². The fourth-order valence-electron chi connectivity index (χ4n) is 4.74. The molecule has 2 fully saturated rings. The van der Waals surface area contributed by atoms with Crippen LogP contribution < -0.4 is 10.2 Å². The van der Waals surface area contributed by atoms with E-state index in [0.29, 0.717) is 23.4 Å². The van der Waals surface area contributed by atoms with Gasteiger partial charge < -0.3 is 30.1 Å². The van der Waals surface area contributed by atoms with Crippen molar-refractivity contribution in [2.24, 2.45) is 5.92 Å². The number of fused-ring (bicyclic) bond motifs is 1. The van der Waals surface area contributed by atoms with Crippen LogP contribution >= 0.6 is 11.6 Å². The quantitative estimate of drug-likeness (QED) is 0.466. The van der Waals surface area contributed by atoms with Crippen LogP contribution in [0.2, 0.25) is 5.02 Å². The van der Waals surface area contributed by atoms with E-state index in [1.54, 1.807) is 10.9 Å². The highest BCUT2D eigenvalue weighted by atomic mass is 35.5. The summed E-state index contributed by atoms with van der Waals surface area (Å²) in [5, 5.41) is 34.3. The lowest BCUT2D eigenvalue weighted by molar-refractivity contribution is -0.00370. The minimum absolute atomic E-state index is 0.173. The van der Waals surface area contributed by atoms with Crippen molar-refractivity contribution in [1.29, 1.82) is 0 Å². The van der Waals surface area contributed by atoms with Crippen LogP contribution in [0.4, 0.5) is 11.5 Å². The number of rotatable bonds is 5. The van der Waals surface area contributed by atoms with Gasteiger partial charge in [0.1, 0.15) is 17.9 Å². The maximum absolute atomic E-state index is 10.5. The first-order valence-corrected chi connectivity index (χ1v) is 10.8. The second kappa shape index (κ2) is 8.23. The van der Waals surface area contributed by atoms with Crippen molar-refractivity contribution in [3.63, 3.8) is 0 Å². The molecule has 5 atom stereocenters. The molecule has 10 heteroatoms. The third-order valence-electron chi connectivity index (χ3n) is 6.42. The molecule has 9 nitrogen and oxygen atoms in total. The lowest BCUT2D eigenvalue weighted by Crippen LogP contribution is -2.30. The van der Waals surface area contributed by atoms with Gasteiger partial charge in [-0.2, -0.15) is 0 Å². The average molecular weight is 445 g/mol. The molecule has 2 aliphatic rings. The fourth-order valence-corrected chi connectivity index (χ4v) is 4.92. The van der Waals surface area contributed by atoms with Crippen LogP contribution in [0.3, 0.4) is 0 Å². The third-order valence-corrected chi connectivity index (χ3v) is 6.66. The summed E-state index contributed by atoms with van der Waals surface area (Å²) < 4.78 is 1.78. The summed E-state index contributed by atoms with van der Waals surface area (Å²) in [4.78, 5) is 15.5. The number of aliphatic hydroxyl groups is 3. The SMILES string of the molecule is OC[C@H]1C[C@@H](n2cnc3c(N[C@H]4CCN(c5cccc(Cl)c5)C4)ncnc32)[C@@H](O)[C@H]1O. The van der Waals surface area contributed by atoms with Crippen molar-refractivity contribution in [3.05, 3.63) is 41.9 Å². The summed E-state index contributed by atoms with van der Waals surface area (Å²) in [7, 11) is 0. The van der Waals surface area contributed by atoms with Crippen molar-refractivity contribution in [2.75, 3.05) is 29.9 Å². The molecule has 3 aromatic rings. The standard InChI is InChI=1S/C21H25ClN6O3/c22-13-2-1-3-15(7-13)27-5-4-14(8-27)26-20-17-21(24-10-23-20)28(11-25-17)16-6-12(9-29)18(30)19(16)31/h1-3,7,10-12,14,16,18-19,29-31H,4-6,8-9H2,(H,23,24,26)/t12-,14+,16-,18+,19-/m1/s1. The van der Waals surface area contributed by atoms with E-state index in [1.807, 2.05) is 18.2 Å². The molecule has 1 saturated heterocycles. The number of benzene rings is 1. The number of aliphatic hydroxyl groups excluding tert-OH is 3. The Hall–Kier alpha value is -2.46. The van der Waals surface area contributed by atoms with Gasteiger partial charge in [0.15, 0.2) is 11.5 Å². The van der Waals surface area contributed by atoms with E-state index in [4.69, 9.17) is 11.6 Å². The number of imidazole rings is 1. The van der Waals surface area contributed by atoms with Crippen LogP contribution in [0.15, 0.2) is 36.9 Å². The summed E-state index contributed by atoms with van der Waals surface area (Å²) in [5.41, 5.74) is 2.32. The largest absolute Gasteiger partial charge is 0.396 e. The Bertz CT molecular complexity index is 1080. The molecule has 5 rings (SSSR count). The number of nitrogens with one attached hydrogen (secondary N) is 1. The Morgan fingerprint density at radius 2 is 2.03 bits per heavy atom. The molecule has 1 aliphatic heterocycles. The predicted molar refractivity (Wildman–Crippen MR) is 117 cm³/mol. The van der Waals surface area contributed by atoms with Crippen molar-refractivity contribution in [3.8, 4) is 0 Å². The van der Waals surface area contributed by atoms with Crippen LogP contribution in [0.25, 0.3) is 11.2 Å². The van der Waals surface area contributed by atoms with Crippen LogP contribution in [0.1, 0.15) is 18.9 Å². The van der Waals surface area contributed by atoms with Gasteiger partial charge in [-0.15, -0.1) is 0 Å². The molecule has 1 aliphatic carbocycles. The maximum atomic E-state index is 10.5. The Morgan fingerprint density at radius 1 is 1.16 bits per heavy atom. The lowest BCUT2D eigenvalue weighted by atomic mass is 10.1. The lowest BCUT2D eigenvalue weighted by Gasteiger charge is -2.20. The highest BCUT2D eigenvalue weighted by Crippen LogP contribution is 2.37. The molecule has 0 amide bonds. The molecular formula is C21H25ClN6O3. The van der Waals surface area contributed by atoms with Gasteiger partial charge in [-0.3, -0.25) is 0 Å². The highest BCUT2D eigenvalue weighted by molar-refractivity contribution is 6.30. The topological polar surface area (TPSA) is 120 Å². The molecule has 4 N–H and O–H groups in total. The molecule has 164 valence electrons. The summed E-state index contributed by atoms with van der Waals surface area (Å²) in [6.07, 6.45) is 2.55. The number of aromatic nitrogens is 4. The van der Waals surface area contributed by atoms with Gasteiger partial charge in [-0.05, 0) is 31.0 Å². The Morgan fingerprint density at radius 3 is 2.81 bits per heavy atom. The normalized spacial score (nSPS) is 28.5. The third kappa shape index (κ3) is 3.71. The van der Waals surface area contributed by atoms with Gasteiger partial charge in [0.05, 0.1) is 18.5 Å². The number of hydrogen-bond acceptors (Lipinski definition) is 8. The second-order valence-corrected chi connectivity index (χ2v) is 8.77. The average Bonchev–Trinajstić information content (AvgIpc) is 3.47. The zero-order valence-electron chi connectivity index (χ0n) is 16.8. The first-order valence-electron chi connectivity index (χ1n) is 10.5. The van der Waals surface area contributed by atoms with E-state index in [9.17, 15) is 15.3 Å². The number of hydrogen-bond donors (Lipinski definition) is 4. The fraction of sp³-hybridized carbons (Fsp3) is 0.476. The number of nitrogens with zero attached hydrogens (tertiary/aromatic N) is 5. The summed E-state index contributed by atoms with van der Waals surface area (Å²) in [6.45, 7) is 1.56. The summed E-state index contributed by atoms with van der Waals surface area (Å²) >= 11 is 6.13. The van der Waals surface area contributed by atoms with E-state index in [1.165, 1.54) is 6.33 Å². The minimum atomic E-state index is -0.984. The van der Waals surface area contributed by atoms with Gasteiger partial charge >= 0.3 is 0 Å². The van der Waals surface area contributed by atoms with Gasteiger partial charge in [0, 0.05) is 42.4 Å². The van der Waals surface area contributed by atoms with Crippen molar-refractivity contribution in [2.45, 2.75) is 37.1 Å². The van der Waals surface area contributed by atoms with Gasteiger partial charge in [-0.25, -0.2) is 15.0 Å². The molecule has 0 radical (unpaired) electrons. The number of halogens is 1. The Kier molecular flexibility index (Phi) is 5.43. The van der Waals surface area contributed by atoms with E-state index >= 15 is 0 Å². The maximum Gasteiger partial charge on any atom is 0.165 e. The smallest absolute Gasteiger partial charge is 0.165 e. The molecule has 0 spiro atoms. The zero-order valence-corrected chi connectivity index (χ0v) is 17.6. The zero-order chi connectivity index (χ0) is 21.5. The molecule has 1 saturated carbocycles. The Balaban J connectivity index is 1.35. The predicted octanol–water partition coefficient (Wildman–Crippen LogP) is 1.45. The van der Waals surface area contributed by atoms with E-state index in [-0.39, 0.29) is 18.6 Å². The molecule has 3 heterocycles. The van der Waals surface area contributed by atoms with Crippen LogP contribution in [0, 0.1) is 5.92 Å². The van der Waals surface area contributed by atoms with E-state index < -0.39 is 18.2 Å². The molecule has 0 unspecified atom stereocenters. The molecular weight excluding hydrogens is 420 g/mol.